The highest BCUT2D eigenvalue weighted by Crippen LogP contribution is 2.31. The third-order valence-corrected chi connectivity index (χ3v) is 8.45. The van der Waals surface area contributed by atoms with E-state index in [1.165, 1.54) is 24.2 Å². The predicted molar refractivity (Wildman–Crippen MR) is 193 cm³/mol. The molecule has 0 aliphatic heterocycles. The van der Waals surface area contributed by atoms with E-state index < -0.39 is 11.6 Å². The third-order valence-electron chi connectivity index (χ3n) is 8.22. The van der Waals surface area contributed by atoms with Gasteiger partial charge >= 0.3 is 12.0 Å². The van der Waals surface area contributed by atoms with E-state index in [-0.39, 0.29) is 37.4 Å². The van der Waals surface area contributed by atoms with Crippen LogP contribution in [0.3, 0.4) is 0 Å². The number of benzene rings is 3. The van der Waals surface area contributed by atoms with E-state index in [0.717, 1.165) is 19.3 Å². The highest BCUT2D eigenvalue weighted by molar-refractivity contribution is 6.30. The van der Waals surface area contributed by atoms with Gasteiger partial charge in [0.2, 0.25) is 5.91 Å². The van der Waals surface area contributed by atoms with Crippen molar-refractivity contribution in [3.05, 3.63) is 83.4 Å². The van der Waals surface area contributed by atoms with Crippen LogP contribution in [-0.4, -0.2) is 56.2 Å². The molecule has 1 aliphatic carbocycles. The quantitative estimate of drug-likeness (QED) is 0.181. The zero-order valence-corrected chi connectivity index (χ0v) is 29.6. The summed E-state index contributed by atoms with van der Waals surface area (Å²) < 4.78 is 11.4. The van der Waals surface area contributed by atoms with Gasteiger partial charge in [-0.3, -0.25) is 14.4 Å². The van der Waals surface area contributed by atoms with Crippen molar-refractivity contribution < 1.29 is 28.7 Å². The number of esters is 1. The molecule has 0 heterocycles. The number of para-hydroxylation sites is 2. The van der Waals surface area contributed by atoms with Gasteiger partial charge in [0.1, 0.15) is 11.4 Å². The number of urea groups is 1. The van der Waals surface area contributed by atoms with Gasteiger partial charge in [-0.2, -0.15) is 0 Å². The lowest BCUT2D eigenvalue weighted by atomic mass is 9.87. The smallest absolute Gasteiger partial charge is 0.319 e. The maximum atomic E-state index is 13.8. The van der Waals surface area contributed by atoms with Gasteiger partial charge in [-0.15, -0.1) is 0 Å². The van der Waals surface area contributed by atoms with Gasteiger partial charge in [0.05, 0.1) is 18.7 Å². The highest BCUT2D eigenvalue weighted by atomic mass is 35.5. The SMILES string of the molecule is CN(C(=O)COc1ccccc1N(CCC1CCCCC1)C(=O)CNC(=O)Nc1cccc(CC(=O)OC(C)(C)C)c1)c1cccc(Cl)c1. The number of rotatable bonds is 13. The summed E-state index contributed by atoms with van der Waals surface area (Å²) in [4.78, 5) is 55.1. The Balaban J connectivity index is 1.41. The second kappa shape index (κ2) is 17.7. The Morgan fingerprint density at radius 3 is 2.37 bits per heavy atom. The Morgan fingerprint density at radius 2 is 1.63 bits per heavy atom. The Kier molecular flexibility index (Phi) is 13.5. The number of nitrogens with zero attached hydrogens (tertiary/aromatic N) is 2. The van der Waals surface area contributed by atoms with Crippen LogP contribution in [0.5, 0.6) is 5.75 Å². The summed E-state index contributed by atoms with van der Waals surface area (Å²) in [5.41, 5.74) is 1.73. The van der Waals surface area contributed by atoms with Crippen molar-refractivity contribution in [2.24, 2.45) is 5.92 Å². The molecule has 0 radical (unpaired) electrons. The van der Waals surface area contributed by atoms with E-state index in [2.05, 4.69) is 10.6 Å². The molecule has 3 aromatic carbocycles. The van der Waals surface area contributed by atoms with E-state index in [9.17, 15) is 19.2 Å². The van der Waals surface area contributed by atoms with E-state index in [0.29, 0.717) is 45.9 Å². The average molecular weight is 691 g/mol. The molecule has 3 aromatic rings. The minimum absolute atomic E-state index is 0.0623. The molecule has 4 amide bonds. The molecular formula is C38H47ClN4O6. The minimum Gasteiger partial charge on any atom is -0.482 e. The topological polar surface area (TPSA) is 117 Å². The van der Waals surface area contributed by atoms with Crippen molar-refractivity contribution >= 4 is 52.5 Å². The standard InChI is InChI=1S/C38H47ClN4O6/c1-38(2,3)49-36(46)23-28-14-10-16-30(22-28)41-37(47)40-25-34(44)43(21-20-27-12-6-5-7-13-27)32-18-8-9-19-33(32)48-26-35(45)42(4)31-17-11-15-29(39)24-31/h8-11,14-19,22,24,27H,5-7,12-13,20-21,23,25-26H2,1-4H3,(H2,40,41,47). The molecule has 0 spiro atoms. The fourth-order valence-electron chi connectivity index (χ4n) is 5.76. The van der Waals surface area contributed by atoms with Crippen LogP contribution in [0.1, 0.15) is 64.9 Å². The van der Waals surface area contributed by atoms with Crippen molar-refractivity contribution in [2.75, 3.05) is 41.9 Å². The molecule has 1 fully saturated rings. The number of hydrogen-bond donors (Lipinski definition) is 2. The van der Waals surface area contributed by atoms with Crippen molar-refractivity contribution in [3.63, 3.8) is 0 Å². The van der Waals surface area contributed by atoms with Crippen molar-refractivity contribution in [3.8, 4) is 5.75 Å². The van der Waals surface area contributed by atoms with Crippen LogP contribution in [0, 0.1) is 5.92 Å². The third kappa shape index (κ3) is 12.1. The second-order valence-electron chi connectivity index (χ2n) is 13.3. The van der Waals surface area contributed by atoms with E-state index in [1.807, 2.05) is 6.07 Å². The van der Waals surface area contributed by atoms with Crippen LogP contribution >= 0.6 is 11.6 Å². The summed E-state index contributed by atoms with van der Waals surface area (Å²) >= 11 is 6.11. The zero-order chi connectivity index (χ0) is 35.4. The molecule has 4 rings (SSSR count). The lowest BCUT2D eigenvalue weighted by Gasteiger charge is -2.29. The fourth-order valence-corrected chi connectivity index (χ4v) is 5.95. The maximum absolute atomic E-state index is 13.8. The van der Waals surface area contributed by atoms with Crippen LogP contribution in [0.4, 0.5) is 21.9 Å². The Hall–Kier alpha value is -4.57. The molecule has 0 saturated heterocycles. The van der Waals surface area contributed by atoms with E-state index in [4.69, 9.17) is 21.1 Å². The molecule has 0 bridgehead atoms. The minimum atomic E-state index is -0.595. The Labute approximate surface area is 294 Å². The lowest BCUT2D eigenvalue weighted by Crippen LogP contribution is -2.42. The van der Waals surface area contributed by atoms with Crippen molar-refractivity contribution in [1.82, 2.24) is 5.32 Å². The average Bonchev–Trinajstić information content (AvgIpc) is 3.06. The maximum Gasteiger partial charge on any atom is 0.319 e. The molecule has 2 N–H and O–H groups in total. The summed E-state index contributed by atoms with van der Waals surface area (Å²) in [7, 11) is 1.65. The van der Waals surface area contributed by atoms with Gasteiger partial charge in [0.15, 0.2) is 6.61 Å². The number of likely N-dealkylation sites (N-methyl/N-ethyl adjacent to an activating group) is 1. The molecule has 0 unspecified atom stereocenters. The zero-order valence-electron chi connectivity index (χ0n) is 28.8. The Bertz CT molecular complexity index is 1600. The molecule has 1 aliphatic rings. The fraction of sp³-hybridized carbons (Fsp3) is 0.421. The van der Waals surface area contributed by atoms with Crippen LogP contribution in [0.25, 0.3) is 0 Å². The first-order chi connectivity index (χ1) is 23.4. The molecule has 262 valence electrons. The first-order valence-corrected chi connectivity index (χ1v) is 17.2. The van der Waals surface area contributed by atoms with Gasteiger partial charge in [0, 0.05) is 30.0 Å². The monoisotopic (exact) mass is 690 g/mol. The number of halogens is 1. The Morgan fingerprint density at radius 1 is 0.898 bits per heavy atom. The number of ether oxygens (including phenoxy) is 2. The summed E-state index contributed by atoms with van der Waals surface area (Å²) in [6.45, 7) is 5.34. The molecular weight excluding hydrogens is 644 g/mol. The van der Waals surface area contributed by atoms with Gasteiger partial charge in [-0.25, -0.2) is 4.79 Å². The molecule has 11 heteroatoms. The summed E-state index contributed by atoms with van der Waals surface area (Å²) in [5.74, 6) is -0.0728. The first-order valence-electron chi connectivity index (χ1n) is 16.8. The normalized spacial score (nSPS) is 13.2. The molecule has 10 nitrogen and oxygen atoms in total. The lowest BCUT2D eigenvalue weighted by molar-refractivity contribution is -0.153. The first kappa shape index (κ1) is 37.3. The summed E-state index contributed by atoms with van der Waals surface area (Å²) in [6.07, 6.45) is 6.72. The van der Waals surface area contributed by atoms with Gasteiger partial charge in [-0.1, -0.05) is 74.0 Å². The van der Waals surface area contributed by atoms with Crippen LogP contribution < -0.4 is 25.2 Å². The number of hydrogen-bond acceptors (Lipinski definition) is 6. The number of carbonyl (C=O) groups is 4. The van der Waals surface area contributed by atoms with Gasteiger partial charge in [-0.05, 0) is 81.1 Å². The summed E-state index contributed by atoms with van der Waals surface area (Å²) in [5, 5.41) is 5.94. The van der Waals surface area contributed by atoms with Gasteiger partial charge < -0.3 is 29.9 Å². The molecule has 0 aromatic heterocycles. The van der Waals surface area contributed by atoms with Crippen LogP contribution in [0.15, 0.2) is 72.8 Å². The number of carbonyl (C=O) groups excluding carboxylic acids is 4. The molecule has 49 heavy (non-hydrogen) atoms. The number of amides is 4. The molecule has 1 saturated carbocycles. The van der Waals surface area contributed by atoms with Crippen molar-refractivity contribution in [2.45, 2.75) is 71.3 Å². The van der Waals surface area contributed by atoms with Crippen molar-refractivity contribution in [1.29, 1.82) is 0 Å². The van der Waals surface area contributed by atoms with Crippen LogP contribution in [-0.2, 0) is 25.5 Å². The highest BCUT2D eigenvalue weighted by Gasteiger charge is 2.24. The predicted octanol–water partition coefficient (Wildman–Crippen LogP) is 7.39. The number of anilines is 3. The van der Waals surface area contributed by atoms with E-state index >= 15 is 0 Å². The number of nitrogens with one attached hydrogen (secondary N) is 2. The largest absolute Gasteiger partial charge is 0.482 e. The summed E-state index contributed by atoms with van der Waals surface area (Å²) in [6, 6.07) is 20.5. The van der Waals surface area contributed by atoms with Crippen LogP contribution in [0.2, 0.25) is 5.02 Å². The molecule has 0 atom stereocenters. The van der Waals surface area contributed by atoms with E-state index in [1.54, 1.807) is 99.4 Å². The van der Waals surface area contributed by atoms with Gasteiger partial charge in [0.25, 0.3) is 5.91 Å². The second-order valence-corrected chi connectivity index (χ2v) is 13.7.